The Balaban J connectivity index is 2.40. The van der Waals surface area contributed by atoms with Crippen LogP contribution >= 0.6 is 0 Å². The summed E-state index contributed by atoms with van der Waals surface area (Å²) in [5.41, 5.74) is 0. The summed E-state index contributed by atoms with van der Waals surface area (Å²) in [6.07, 6.45) is 0.497. The summed E-state index contributed by atoms with van der Waals surface area (Å²) in [5, 5.41) is 0. The third-order valence-corrected chi connectivity index (χ3v) is 2.63. The molecule has 0 amide bonds. The van der Waals surface area contributed by atoms with Crippen molar-refractivity contribution >= 4 is 5.97 Å². The standard InChI is InChI=1S/C11H21NO3/c1-8(11(13)14-4)5-12-6-9(2)15-10(3)7-12/h8-10H,5-7H2,1-4H3/t8?,9-,10+. The molecule has 88 valence electrons. The van der Waals surface area contributed by atoms with Crippen LogP contribution in [-0.2, 0) is 14.3 Å². The number of methoxy groups -OCH3 is 1. The lowest BCUT2D eigenvalue weighted by Gasteiger charge is -2.36. The average molecular weight is 215 g/mol. The smallest absolute Gasteiger partial charge is 0.309 e. The monoisotopic (exact) mass is 215 g/mol. The third-order valence-electron chi connectivity index (χ3n) is 2.63. The first kappa shape index (κ1) is 12.5. The van der Waals surface area contributed by atoms with Gasteiger partial charge in [0.1, 0.15) is 0 Å². The van der Waals surface area contributed by atoms with E-state index in [1.807, 2.05) is 6.92 Å². The second-order valence-corrected chi connectivity index (χ2v) is 4.40. The Kier molecular flexibility index (Phi) is 4.54. The van der Waals surface area contributed by atoms with Gasteiger partial charge in [-0.2, -0.15) is 0 Å². The zero-order chi connectivity index (χ0) is 11.4. The SMILES string of the molecule is COC(=O)C(C)CN1C[C@@H](C)O[C@@H](C)C1. The van der Waals surface area contributed by atoms with Gasteiger partial charge in [-0.3, -0.25) is 9.69 Å². The second-order valence-electron chi connectivity index (χ2n) is 4.40. The molecule has 1 aliphatic rings. The number of carbonyl (C=O) groups is 1. The number of morpholine rings is 1. The fraction of sp³-hybridized carbons (Fsp3) is 0.909. The molecule has 0 aliphatic carbocycles. The van der Waals surface area contributed by atoms with E-state index in [4.69, 9.17) is 9.47 Å². The Morgan fingerprint density at radius 3 is 2.47 bits per heavy atom. The van der Waals surface area contributed by atoms with Crippen molar-refractivity contribution in [3.05, 3.63) is 0 Å². The maximum absolute atomic E-state index is 11.3. The first-order valence-corrected chi connectivity index (χ1v) is 5.48. The zero-order valence-electron chi connectivity index (χ0n) is 10.0. The molecule has 0 aromatic rings. The normalized spacial score (nSPS) is 29.9. The first-order chi connectivity index (χ1) is 7.02. The van der Waals surface area contributed by atoms with Gasteiger partial charge in [0.2, 0.25) is 0 Å². The molecule has 1 rings (SSSR count). The van der Waals surface area contributed by atoms with Crippen molar-refractivity contribution in [2.24, 2.45) is 5.92 Å². The lowest BCUT2D eigenvalue weighted by molar-refractivity contribution is -0.146. The number of esters is 1. The maximum atomic E-state index is 11.3. The highest BCUT2D eigenvalue weighted by atomic mass is 16.5. The third kappa shape index (κ3) is 3.80. The first-order valence-electron chi connectivity index (χ1n) is 5.48. The maximum Gasteiger partial charge on any atom is 0.309 e. The van der Waals surface area contributed by atoms with E-state index >= 15 is 0 Å². The van der Waals surface area contributed by atoms with Gasteiger partial charge in [0.05, 0.1) is 25.2 Å². The van der Waals surface area contributed by atoms with Crippen LogP contribution in [0.3, 0.4) is 0 Å². The van der Waals surface area contributed by atoms with Crippen molar-refractivity contribution in [1.82, 2.24) is 4.90 Å². The molecule has 1 saturated heterocycles. The molecule has 0 aromatic carbocycles. The van der Waals surface area contributed by atoms with Crippen molar-refractivity contribution in [1.29, 1.82) is 0 Å². The summed E-state index contributed by atoms with van der Waals surface area (Å²) in [4.78, 5) is 13.5. The van der Waals surface area contributed by atoms with Crippen LogP contribution < -0.4 is 0 Å². The van der Waals surface area contributed by atoms with E-state index in [0.717, 1.165) is 19.6 Å². The van der Waals surface area contributed by atoms with Crippen molar-refractivity contribution in [3.63, 3.8) is 0 Å². The van der Waals surface area contributed by atoms with Gasteiger partial charge < -0.3 is 9.47 Å². The van der Waals surface area contributed by atoms with Gasteiger partial charge in [0, 0.05) is 19.6 Å². The highest BCUT2D eigenvalue weighted by molar-refractivity contribution is 5.72. The Bertz CT molecular complexity index is 210. The quantitative estimate of drug-likeness (QED) is 0.656. The predicted molar refractivity (Wildman–Crippen MR) is 57.6 cm³/mol. The van der Waals surface area contributed by atoms with E-state index < -0.39 is 0 Å². The van der Waals surface area contributed by atoms with Gasteiger partial charge in [0.15, 0.2) is 0 Å². The van der Waals surface area contributed by atoms with Gasteiger partial charge in [-0.25, -0.2) is 0 Å². The molecule has 0 bridgehead atoms. The number of rotatable bonds is 3. The molecule has 4 nitrogen and oxygen atoms in total. The van der Waals surface area contributed by atoms with Crippen LogP contribution in [0.25, 0.3) is 0 Å². The van der Waals surface area contributed by atoms with Gasteiger partial charge >= 0.3 is 5.97 Å². The minimum absolute atomic E-state index is 0.0625. The van der Waals surface area contributed by atoms with Crippen molar-refractivity contribution < 1.29 is 14.3 Å². The van der Waals surface area contributed by atoms with Crippen LogP contribution in [0.1, 0.15) is 20.8 Å². The molecule has 3 atom stereocenters. The van der Waals surface area contributed by atoms with Gasteiger partial charge in [-0.15, -0.1) is 0 Å². The highest BCUT2D eigenvalue weighted by Gasteiger charge is 2.25. The van der Waals surface area contributed by atoms with E-state index in [0.29, 0.717) is 0 Å². The summed E-state index contributed by atoms with van der Waals surface area (Å²) < 4.78 is 10.3. The van der Waals surface area contributed by atoms with E-state index in [-0.39, 0.29) is 24.1 Å². The fourth-order valence-electron chi connectivity index (χ4n) is 2.10. The Hall–Kier alpha value is -0.610. The highest BCUT2D eigenvalue weighted by Crippen LogP contribution is 2.12. The largest absolute Gasteiger partial charge is 0.469 e. The molecule has 4 heteroatoms. The second kappa shape index (κ2) is 5.47. The van der Waals surface area contributed by atoms with Crippen molar-refractivity contribution in [2.45, 2.75) is 33.0 Å². The summed E-state index contributed by atoms with van der Waals surface area (Å²) in [6.45, 7) is 8.57. The molecule has 1 unspecified atom stereocenters. The van der Waals surface area contributed by atoms with Gasteiger partial charge in [-0.05, 0) is 13.8 Å². The molecular weight excluding hydrogens is 194 g/mol. The molecule has 1 heterocycles. The molecule has 0 spiro atoms. The molecule has 1 aliphatic heterocycles. The van der Waals surface area contributed by atoms with E-state index in [9.17, 15) is 4.79 Å². The number of hydrogen-bond acceptors (Lipinski definition) is 4. The molecule has 15 heavy (non-hydrogen) atoms. The topological polar surface area (TPSA) is 38.8 Å². The van der Waals surface area contributed by atoms with E-state index in [2.05, 4.69) is 18.7 Å². The molecule has 1 fully saturated rings. The number of carbonyl (C=O) groups excluding carboxylic acids is 1. The summed E-state index contributed by atoms with van der Waals surface area (Å²) >= 11 is 0. The summed E-state index contributed by atoms with van der Waals surface area (Å²) in [7, 11) is 1.43. The predicted octanol–water partition coefficient (Wildman–Crippen LogP) is 0.905. The summed E-state index contributed by atoms with van der Waals surface area (Å²) in [5.74, 6) is -0.200. The van der Waals surface area contributed by atoms with Crippen LogP contribution in [0, 0.1) is 5.92 Å². The Labute approximate surface area is 91.5 Å². The lowest BCUT2D eigenvalue weighted by Crippen LogP contribution is -2.47. The van der Waals surface area contributed by atoms with Crippen LogP contribution in [0.2, 0.25) is 0 Å². The average Bonchev–Trinajstić information content (AvgIpc) is 2.14. The molecular formula is C11H21NO3. The lowest BCUT2D eigenvalue weighted by atomic mass is 10.1. The van der Waals surface area contributed by atoms with E-state index in [1.54, 1.807) is 0 Å². The van der Waals surface area contributed by atoms with Gasteiger partial charge in [0.25, 0.3) is 0 Å². The van der Waals surface area contributed by atoms with Crippen LogP contribution in [-0.4, -0.2) is 49.8 Å². The van der Waals surface area contributed by atoms with Crippen molar-refractivity contribution in [2.75, 3.05) is 26.7 Å². The van der Waals surface area contributed by atoms with Crippen LogP contribution in [0.5, 0.6) is 0 Å². The Morgan fingerprint density at radius 2 is 2.00 bits per heavy atom. The molecule has 0 saturated carbocycles. The number of ether oxygens (including phenoxy) is 2. The summed E-state index contributed by atoms with van der Waals surface area (Å²) in [6, 6.07) is 0. The van der Waals surface area contributed by atoms with Crippen molar-refractivity contribution in [3.8, 4) is 0 Å². The number of hydrogen-bond donors (Lipinski definition) is 0. The zero-order valence-corrected chi connectivity index (χ0v) is 10.0. The molecule has 0 radical (unpaired) electrons. The van der Waals surface area contributed by atoms with Crippen LogP contribution in [0.4, 0.5) is 0 Å². The van der Waals surface area contributed by atoms with E-state index in [1.165, 1.54) is 7.11 Å². The number of nitrogens with zero attached hydrogens (tertiary/aromatic N) is 1. The van der Waals surface area contributed by atoms with Crippen LogP contribution in [0.15, 0.2) is 0 Å². The Morgan fingerprint density at radius 1 is 1.47 bits per heavy atom. The van der Waals surface area contributed by atoms with Gasteiger partial charge in [-0.1, -0.05) is 6.92 Å². The fourth-order valence-corrected chi connectivity index (χ4v) is 2.10. The minimum Gasteiger partial charge on any atom is -0.469 e. The molecule has 0 aromatic heterocycles. The minimum atomic E-state index is -0.137. The molecule has 0 N–H and O–H groups in total.